The number of piperazine rings is 1. The van der Waals surface area contributed by atoms with Crippen molar-refractivity contribution in [2.24, 2.45) is 0 Å². The SMILES string of the molecule is Cc1nnc2c(CCCN3CCN(C(c4ccccc4)c4ccccc4)CC3)cc3ccccc3n12. The Morgan fingerprint density at radius 1 is 0.750 bits per heavy atom. The van der Waals surface area contributed by atoms with Gasteiger partial charge in [-0.15, -0.1) is 10.2 Å². The Labute approximate surface area is 213 Å². The summed E-state index contributed by atoms with van der Waals surface area (Å²) in [5.74, 6) is 0.950. The fraction of sp³-hybridized carbons (Fsp3) is 0.290. The molecular weight excluding hydrogens is 442 g/mol. The van der Waals surface area contributed by atoms with Gasteiger partial charge in [0.1, 0.15) is 5.82 Å². The predicted octanol–water partition coefficient (Wildman–Crippen LogP) is 5.53. The van der Waals surface area contributed by atoms with Crippen molar-refractivity contribution < 1.29 is 0 Å². The lowest BCUT2D eigenvalue weighted by Crippen LogP contribution is -2.48. The second-order valence-electron chi connectivity index (χ2n) is 9.84. The maximum absolute atomic E-state index is 4.51. The van der Waals surface area contributed by atoms with Gasteiger partial charge < -0.3 is 4.90 Å². The van der Waals surface area contributed by atoms with Crippen LogP contribution in [0.4, 0.5) is 0 Å². The van der Waals surface area contributed by atoms with Crippen LogP contribution in [0.3, 0.4) is 0 Å². The molecule has 0 N–H and O–H groups in total. The molecule has 1 fully saturated rings. The van der Waals surface area contributed by atoms with E-state index >= 15 is 0 Å². The minimum absolute atomic E-state index is 0.316. The standard InChI is InChI=1S/C31H33N5/c1-24-32-33-31-28(23-27-15-8-9-17-29(27)36(24)31)16-10-18-34-19-21-35(22-20-34)30(25-11-4-2-5-12-25)26-13-6-3-7-14-26/h2-9,11-15,17,23,30H,10,16,18-22H2,1H3. The zero-order valence-corrected chi connectivity index (χ0v) is 20.9. The molecule has 1 aliphatic rings. The molecule has 36 heavy (non-hydrogen) atoms. The maximum atomic E-state index is 4.51. The van der Waals surface area contributed by atoms with Crippen molar-refractivity contribution in [3.8, 4) is 0 Å². The van der Waals surface area contributed by atoms with Gasteiger partial charge in [0.05, 0.1) is 11.6 Å². The Bertz CT molecular complexity index is 1400. The highest BCUT2D eigenvalue weighted by Crippen LogP contribution is 2.29. The van der Waals surface area contributed by atoms with Crippen LogP contribution in [0.1, 0.15) is 35.0 Å². The van der Waals surface area contributed by atoms with Gasteiger partial charge in [0.15, 0.2) is 5.65 Å². The summed E-state index contributed by atoms with van der Waals surface area (Å²) in [7, 11) is 0. The van der Waals surface area contributed by atoms with Crippen LogP contribution >= 0.6 is 0 Å². The van der Waals surface area contributed by atoms with E-state index in [9.17, 15) is 0 Å². The molecule has 0 amide bonds. The lowest BCUT2D eigenvalue weighted by Gasteiger charge is -2.39. The molecule has 1 saturated heterocycles. The summed E-state index contributed by atoms with van der Waals surface area (Å²) in [4.78, 5) is 5.27. The fourth-order valence-electron chi connectivity index (χ4n) is 5.73. The number of rotatable bonds is 7. The van der Waals surface area contributed by atoms with Gasteiger partial charge in [0.25, 0.3) is 0 Å². The lowest BCUT2D eigenvalue weighted by atomic mass is 9.96. The Morgan fingerprint density at radius 3 is 2.08 bits per heavy atom. The Hall–Kier alpha value is -3.54. The molecule has 6 rings (SSSR count). The summed E-state index contributed by atoms with van der Waals surface area (Å²) in [5.41, 5.74) is 6.23. The molecule has 5 nitrogen and oxygen atoms in total. The molecule has 0 saturated carbocycles. The molecule has 0 atom stereocenters. The average Bonchev–Trinajstić information content (AvgIpc) is 3.33. The van der Waals surface area contributed by atoms with Crippen LogP contribution in [0, 0.1) is 6.92 Å². The molecule has 1 aliphatic heterocycles. The highest BCUT2D eigenvalue weighted by atomic mass is 15.3. The van der Waals surface area contributed by atoms with Crippen molar-refractivity contribution in [3.05, 3.63) is 114 Å². The van der Waals surface area contributed by atoms with Crippen molar-refractivity contribution >= 4 is 16.6 Å². The summed E-state index contributed by atoms with van der Waals surface area (Å²) < 4.78 is 2.21. The van der Waals surface area contributed by atoms with Gasteiger partial charge in [-0.05, 0) is 60.5 Å². The van der Waals surface area contributed by atoms with E-state index in [2.05, 4.69) is 115 Å². The van der Waals surface area contributed by atoms with Crippen molar-refractivity contribution in [1.29, 1.82) is 0 Å². The molecular formula is C31H33N5. The summed E-state index contributed by atoms with van der Waals surface area (Å²) in [6.07, 6.45) is 2.14. The van der Waals surface area contributed by atoms with E-state index in [1.165, 1.54) is 27.6 Å². The van der Waals surface area contributed by atoms with Gasteiger partial charge in [-0.3, -0.25) is 9.30 Å². The van der Waals surface area contributed by atoms with E-state index in [4.69, 9.17) is 0 Å². The van der Waals surface area contributed by atoms with Crippen LogP contribution in [0.15, 0.2) is 91.0 Å². The van der Waals surface area contributed by atoms with Crippen LogP contribution < -0.4 is 0 Å². The minimum Gasteiger partial charge on any atom is -0.301 e. The quantitative estimate of drug-likeness (QED) is 0.310. The van der Waals surface area contributed by atoms with E-state index in [0.717, 1.165) is 57.0 Å². The number of aryl methyl sites for hydroxylation is 2. The first-order valence-electron chi connectivity index (χ1n) is 13.1. The number of hydrogen-bond donors (Lipinski definition) is 0. The molecule has 5 aromatic rings. The van der Waals surface area contributed by atoms with Gasteiger partial charge in [-0.25, -0.2) is 0 Å². The maximum Gasteiger partial charge on any atom is 0.164 e. The molecule has 3 heterocycles. The van der Waals surface area contributed by atoms with E-state index in [1.54, 1.807) is 0 Å². The number of nitrogens with zero attached hydrogens (tertiary/aromatic N) is 5. The highest BCUT2D eigenvalue weighted by Gasteiger charge is 2.26. The highest BCUT2D eigenvalue weighted by molar-refractivity contribution is 5.83. The molecule has 0 unspecified atom stereocenters. The Morgan fingerprint density at radius 2 is 1.39 bits per heavy atom. The number of fused-ring (bicyclic) bond motifs is 3. The number of benzene rings is 3. The molecule has 3 aromatic carbocycles. The number of pyridine rings is 1. The van der Waals surface area contributed by atoms with E-state index in [1.807, 2.05) is 6.92 Å². The van der Waals surface area contributed by atoms with Gasteiger partial charge in [0, 0.05) is 26.2 Å². The zero-order chi connectivity index (χ0) is 24.3. The molecule has 5 heteroatoms. The van der Waals surface area contributed by atoms with Crippen molar-refractivity contribution in [2.45, 2.75) is 25.8 Å². The average molecular weight is 476 g/mol. The lowest BCUT2D eigenvalue weighted by molar-refractivity contribution is 0.109. The molecule has 182 valence electrons. The topological polar surface area (TPSA) is 36.7 Å². The van der Waals surface area contributed by atoms with Crippen molar-refractivity contribution in [2.75, 3.05) is 32.7 Å². The fourth-order valence-corrected chi connectivity index (χ4v) is 5.73. The molecule has 2 aromatic heterocycles. The molecule has 0 spiro atoms. The van der Waals surface area contributed by atoms with E-state index in [0.29, 0.717) is 6.04 Å². The zero-order valence-electron chi connectivity index (χ0n) is 20.9. The molecule has 0 radical (unpaired) electrons. The minimum atomic E-state index is 0.316. The largest absolute Gasteiger partial charge is 0.301 e. The van der Waals surface area contributed by atoms with Gasteiger partial charge in [0.2, 0.25) is 0 Å². The number of aromatic nitrogens is 3. The van der Waals surface area contributed by atoms with Gasteiger partial charge >= 0.3 is 0 Å². The first-order chi connectivity index (χ1) is 17.8. The second kappa shape index (κ2) is 10.2. The van der Waals surface area contributed by atoms with E-state index < -0.39 is 0 Å². The monoisotopic (exact) mass is 475 g/mol. The summed E-state index contributed by atoms with van der Waals surface area (Å²) in [5, 5.41) is 10.1. The third-order valence-electron chi connectivity index (χ3n) is 7.54. The Kier molecular flexibility index (Phi) is 6.50. The van der Waals surface area contributed by atoms with Crippen LogP contribution in [-0.4, -0.2) is 57.1 Å². The Balaban J connectivity index is 1.11. The second-order valence-corrected chi connectivity index (χ2v) is 9.84. The third-order valence-corrected chi connectivity index (χ3v) is 7.54. The van der Waals surface area contributed by atoms with Crippen LogP contribution in [-0.2, 0) is 6.42 Å². The number of para-hydroxylation sites is 1. The first kappa shape index (κ1) is 22.9. The van der Waals surface area contributed by atoms with Gasteiger partial charge in [-0.1, -0.05) is 78.9 Å². The normalized spacial score (nSPS) is 15.3. The summed E-state index contributed by atoms with van der Waals surface area (Å²) in [6, 6.07) is 33.0. The van der Waals surface area contributed by atoms with E-state index in [-0.39, 0.29) is 0 Å². The molecule has 0 bridgehead atoms. The third kappa shape index (κ3) is 4.52. The van der Waals surface area contributed by atoms with Crippen LogP contribution in [0.2, 0.25) is 0 Å². The predicted molar refractivity (Wildman–Crippen MR) is 146 cm³/mol. The summed E-state index contributed by atoms with van der Waals surface area (Å²) in [6.45, 7) is 7.52. The summed E-state index contributed by atoms with van der Waals surface area (Å²) >= 11 is 0. The van der Waals surface area contributed by atoms with Gasteiger partial charge in [-0.2, -0.15) is 0 Å². The van der Waals surface area contributed by atoms with Crippen molar-refractivity contribution in [1.82, 2.24) is 24.4 Å². The van der Waals surface area contributed by atoms with Crippen molar-refractivity contribution in [3.63, 3.8) is 0 Å². The number of hydrogen-bond acceptors (Lipinski definition) is 4. The van der Waals surface area contributed by atoms with Crippen LogP contribution in [0.25, 0.3) is 16.6 Å². The smallest absolute Gasteiger partial charge is 0.164 e. The van der Waals surface area contributed by atoms with Crippen LogP contribution in [0.5, 0.6) is 0 Å². The first-order valence-corrected chi connectivity index (χ1v) is 13.1. The molecule has 0 aliphatic carbocycles.